The number of carbonyl (C=O) groups is 1. The summed E-state index contributed by atoms with van der Waals surface area (Å²) in [5, 5.41) is 10.1. The van der Waals surface area contributed by atoms with Crippen LogP contribution in [0.2, 0.25) is 5.28 Å². The van der Waals surface area contributed by atoms with Crippen LogP contribution in [-0.4, -0.2) is 32.7 Å². The number of nitrogens with zero attached hydrogens (tertiary/aromatic N) is 3. The zero-order valence-electron chi connectivity index (χ0n) is 11.4. The molecule has 0 aromatic carbocycles. The Morgan fingerprint density at radius 2 is 2.24 bits per heavy atom. The van der Waals surface area contributed by atoms with E-state index in [0.717, 1.165) is 5.69 Å². The van der Waals surface area contributed by atoms with Crippen LogP contribution in [0.25, 0.3) is 0 Å². The zero-order valence-corrected chi connectivity index (χ0v) is 12.1. The van der Waals surface area contributed by atoms with E-state index in [4.69, 9.17) is 16.3 Å². The third-order valence-electron chi connectivity index (χ3n) is 3.05. The summed E-state index contributed by atoms with van der Waals surface area (Å²) in [5.74, 6) is 1.07. The molecule has 0 atom stereocenters. The Hall–Kier alpha value is -2.15. The third kappa shape index (κ3) is 3.30. The van der Waals surface area contributed by atoms with Gasteiger partial charge < -0.3 is 10.1 Å². The maximum Gasteiger partial charge on any atom is 0.357 e. The Bertz CT molecular complexity index is 668. The van der Waals surface area contributed by atoms with E-state index in [1.807, 2.05) is 6.07 Å². The zero-order chi connectivity index (χ0) is 14.8. The minimum atomic E-state index is -0.537. The number of ether oxygens (including phenoxy) is 1. The molecule has 110 valence electrons. The van der Waals surface area contributed by atoms with Gasteiger partial charge in [0.15, 0.2) is 11.5 Å². The number of rotatable bonds is 5. The Morgan fingerprint density at radius 1 is 1.43 bits per heavy atom. The van der Waals surface area contributed by atoms with E-state index in [-0.39, 0.29) is 17.6 Å². The monoisotopic (exact) mass is 307 g/mol. The predicted molar refractivity (Wildman–Crippen MR) is 76.8 cm³/mol. The highest BCUT2D eigenvalue weighted by Gasteiger charge is 2.25. The van der Waals surface area contributed by atoms with Gasteiger partial charge in [-0.15, -0.1) is 0 Å². The van der Waals surface area contributed by atoms with E-state index < -0.39 is 5.97 Å². The number of aromatic nitrogens is 4. The van der Waals surface area contributed by atoms with Crippen LogP contribution in [-0.2, 0) is 4.74 Å². The number of nitrogens with one attached hydrogen (secondary N) is 2. The Morgan fingerprint density at radius 3 is 2.95 bits per heavy atom. The summed E-state index contributed by atoms with van der Waals surface area (Å²) in [4.78, 5) is 19.6. The van der Waals surface area contributed by atoms with E-state index in [0.29, 0.717) is 17.6 Å². The van der Waals surface area contributed by atoms with Crippen LogP contribution < -0.4 is 5.32 Å². The highest BCUT2D eigenvalue weighted by molar-refractivity contribution is 6.28. The van der Waals surface area contributed by atoms with E-state index in [1.54, 1.807) is 6.92 Å². The van der Waals surface area contributed by atoms with Gasteiger partial charge in [-0.3, -0.25) is 5.10 Å². The van der Waals surface area contributed by atoms with Gasteiger partial charge in [-0.25, -0.2) is 14.8 Å². The number of hydrogen-bond donors (Lipinski definition) is 2. The van der Waals surface area contributed by atoms with Gasteiger partial charge >= 0.3 is 5.97 Å². The van der Waals surface area contributed by atoms with E-state index in [1.165, 1.54) is 18.9 Å². The molecule has 7 nitrogen and oxygen atoms in total. The maximum absolute atomic E-state index is 11.7. The molecule has 1 saturated carbocycles. The molecule has 0 radical (unpaired) electrons. The summed E-state index contributed by atoms with van der Waals surface area (Å²) in [6.45, 7) is 2.00. The number of H-pyrrole nitrogens is 1. The molecule has 0 saturated heterocycles. The molecule has 0 unspecified atom stereocenters. The molecular weight excluding hydrogens is 294 g/mol. The highest BCUT2D eigenvalue weighted by Crippen LogP contribution is 2.39. The molecule has 1 fully saturated rings. The van der Waals surface area contributed by atoms with Gasteiger partial charge in [-0.2, -0.15) is 5.10 Å². The average molecular weight is 308 g/mol. The van der Waals surface area contributed by atoms with E-state index >= 15 is 0 Å². The largest absolute Gasteiger partial charge is 0.461 e. The van der Waals surface area contributed by atoms with Crippen LogP contribution in [0.15, 0.2) is 12.1 Å². The molecule has 0 spiro atoms. The molecule has 8 heteroatoms. The number of esters is 1. The molecule has 0 aliphatic heterocycles. The molecular formula is C13H14ClN5O2. The van der Waals surface area contributed by atoms with Gasteiger partial charge in [-0.1, -0.05) is 0 Å². The second-order valence-corrected chi connectivity index (χ2v) is 5.07. The first-order valence-electron chi connectivity index (χ1n) is 6.69. The molecule has 1 aliphatic rings. The Labute approximate surface area is 126 Å². The lowest BCUT2D eigenvalue weighted by atomic mass is 10.3. The first kappa shape index (κ1) is 13.8. The number of hydrogen-bond acceptors (Lipinski definition) is 6. The van der Waals surface area contributed by atoms with Crippen LogP contribution in [0.5, 0.6) is 0 Å². The minimum Gasteiger partial charge on any atom is -0.461 e. The first-order valence-corrected chi connectivity index (χ1v) is 7.07. The fourth-order valence-electron chi connectivity index (χ4n) is 1.93. The number of aromatic amines is 1. The molecule has 1 aliphatic carbocycles. The lowest BCUT2D eigenvalue weighted by molar-refractivity contribution is 0.0519. The van der Waals surface area contributed by atoms with Crippen molar-refractivity contribution in [2.24, 2.45) is 0 Å². The van der Waals surface area contributed by atoms with Crippen molar-refractivity contribution < 1.29 is 9.53 Å². The van der Waals surface area contributed by atoms with Crippen LogP contribution in [0.1, 0.15) is 41.9 Å². The van der Waals surface area contributed by atoms with Gasteiger partial charge in [0.1, 0.15) is 5.82 Å². The van der Waals surface area contributed by atoms with Gasteiger partial charge in [0.05, 0.1) is 6.61 Å². The predicted octanol–water partition coefficient (Wildman–Crippen LogP) is 2.65. The van der Waals surface area contributed by atoms with Crippen LogP contribution in [0.4, 0.5) is 11.6 Å². The standard InChI is InChI=1S/C13H14ClN5O2/c1-2-21-12(20)9-6-10(17-13(14)15-9)16-11-5-8(18-19-11)7-3-4-7/h5-7H,2-4H2,1H3,(H2,15,16,17,18,19). The van der Waals surface area contributed by atoms with Crippen molar-refractivity contribution in [2.45, 2.75) is 25.7 Å². The fraction of sp³-hybridized carbons (Fsp3) is 0.385. The van der Waals surface area contributed by atoms with Crippen molar-refractivity contribution in [3.8, 4) is 0 Å². The quantitative estimate of drug-likeness (QED) is 0.651. The fourth-order valence-corrected chi connectivity index (χ4v) is 2.11. The van der Waals surface area contributed by atoms with Crippen molar-refractivity contribution in [3.05, 3.63) is 28.8 Å². The molecule has 0 bridgehead atoms. The third-order valence-corrected chi connectivity index (χ3v) is 3.22. The molecule has 0 amide bonds. The summed E-state index contributed by atoms with van der Waals surface area (Å²) < 4.78 is 4.89. The van der Waals surface area contributed by atoms with Gasteiger partial charge in [0, 0.05) is 23.7 Å². The van der Waals surface area contributed by atoms with E-state index in [9.17, 15) is 4.79 Å². The van der Waals surface area contributed by atoms with Gasteiger partial charge in [0.2, 0.25) is 5.28 Å². The molecule has 2 N–H and O–H groups in total. The average Bonchev–Trinajstić information content (AvgIpc) is 3.19. The molecule has 2 aromatic heterocycles. The SMILES string of the molecule is CCOC(=O)c1cc(Nc2cc(C3CC3)[nH]n2)nc(Cl)n1. The second-order valence-electron chi connectivity index (χ2n) is 4.74. The van der Waals surface area contributed by atoms with Crippen LogP contribution >= 0.6 is 11.6 Å². The molecule has 2 heterocycles. The van der Waals surface area contributed by atoms with Crippen molar-refractivity contribution in [2.75, 3.05) is 11.9 Å². The smallest absolute Gasteiger partial charge is 0.357 e. The summed E-state index contributed by atoms with van der Waals surface area (Å²) in [7, 11) is 0. The summed E-state index contributed by atoms with van der Waals surface area (Å²) in [6.07, 6.45) is 2.38. The highest BCUT2D eigenvalue weighted by atomic mass is 35.5. The van der Waals surface area contributed by atoms with Crippen LogP contribution in [0.3, 0.4) is 0 Å². The summed E-state index contributed by atoms with van der Waals surface area (Å²) in [5.41, 5.74) is 1.21. The Kier molecular flexibility index (Phi) is 3.74. The molecule has 3 rings (SSSR count). The lowest BCUT2D eigenvalue weighted by Gasteiger charge is -2.05. The summed E-state index contributed by atoms with van der Waals surface area (Å²) >= 11 is 5.83. The first-order chi connectivity index (χ1) is 10.2. The number of carbonyl (C=O) groups excluding carboxylic acids is 1. The van der Waals surface area contributed by atoms with Crippen molar-refractivity contribution >= 4 is 29.2 Å². The van der Waals surface area contributed by atoms with Gasteiger partial charge in [0.25, 0.3) is 0 Å². The topological polar surface area (TPSA) is 92.8 Å². The second kappa shape index (κ2) is 5.69. The van der Waals surface area contributed by atoms with Crippen molar-refractivity contribution in [1.29, 1.82) is 0 Å². The Balaban J connectivity index is 1.78. The molecule has 2 aromatic rings. The maximum atomic E-state index is 11.7. The number of halogens is 1. The van der Waals surface area contributed by atoms with Crippen LogP contribution in [0, 0.1) is 0 Å². The lowest BCUT2D eigenvalue weighted by Crippen LogP contribution is -2.09. The van der Waals surface area contributed by atoms with E-state index in [2.05, 4.69) is 25.5 Å². The molecule has 21 heavy (non-hydrogen) atoms. The normalized spacial score (nSPS) is 14.0. The van der Waals surface area contributed by atoms with Crippen molar-refractivity contribution in [1.82, 2.24) is 20.2 Å². The number of anilines is 2. The summed E-state index contributed by atoms with van der Waals surface area (Å²) in [6, 6.07) is 3.41. The van der Waals surface area contributed by atoms with Crippen molar-refractivity contribution in [3.63, 3.8) is 0 Å². The van der Waals surface area contributed by atoms with Gasteiger partial charge in [-0.05, 0) is 31.4 Å². The minimum absolute atomic E-state index is 0.0268.